The van der Waals surface area contributed by atoms with Crippen LogP contribution >= 0.6 is 12.2 Å². The Kier molecular flexibility index (Phi) is 5.60. The van der Waals surface area contributed by atoms with Gasteiger partial charge >= 0.3 is 5.97 Å². The minimum absolute atomic E-state index is 0.325. The van der Waals surface area contributed by atoms with Gasteiger partial charge in [-0.25, -0.2) is 4.79 Å². The van der Waals surface area contributed by atoms with E-state index in [1.165, 1.54) is 7.11 Å². The lowest BCUT2D eigenvalue weighted by molar-refractivity contribution is -0.136. The van der Waals surface area contributed by atoms with Gasteiger partial charge in [0, 0.05) is 12.2 Å². The number of benzene rings is 1. The second-order valence-corrected chi connectivity index (χ2v) is 5.68. The normalized spacial score (nSPS) is 17.8. The number of allylic oxidation sites excluding steroid dienone is 1. The smallest absolute Gasteiger partial charge is 0.337 e. The fraction of sp³-hybridized carbons (Fsp3) is 0.412. The SMILES string of the molecule is CCCN1C(=S)NC(c2ccc(OC)cc2)C(C(=O)OC)=C1C. The molecule has 1 aliphatic heterocycles. The van der Waals surface area contributed by atoms with Crippen molar-refractivity contribution in [1.82, 2.24) is 10.2 Å². The average Bonchev–Trinajstić information content (AvgIpc) is 2.57. The maximum Gasteiger partial charge on any atom is 0.337 e. The summed E-state index contributed by atoms with van der Waals surface area (Å²) in [6, 6.07) is 7.25. The van der Waals surface area contributed by atoms with E-state index in [-0.39, 0.29) is 12.0 Å². The Balaban J connectivity index is 2.47. The highest BCUT2D eigenvalue weighted by Gasteiger charge is 2.34. The molecule has 0 aromatic heterocycles. The first kappa shape index (κ1) is 17.3. The molecule has 5 nitrogen and oxygen atoms in total. The molecule has 1 atom stereocenters. The van der Waals surface area contributed by atoms with Gasteiger partial charge in [-0.05, 0) is 43.3 Å². The Bertz CT molecular complexity index is 625. The number of nitrogens with zero attached hydrogens (tertiary/aromatic N) is 1. The summed E-state index contributed by atoms with van der Waals surface area (Å²) in [5.41, 5.74) is 2.35. The summed E-state index contributed by atoms with van der Waals surface area (Å²) >= 11 is 5.47. The molecule has 0 bridgehead atoms. The first-order valence-corrected chi connectivity index (χ1v) is 7.95. The van der Waals surface area contributed by atoms with Gasteiger partial charge in [0.15, 0.2) is 5.11 Å². The summed E-state index contributed by atoms with van der Waals surface area (Å²) in [6.07, 6.45) is 0.931. The second kappa shape index (κ2) is 7.46. The molecular formula is C17H22N2O3S. The number of carbonyl (C=O) groups excluding carboxylic acids is 1. The van der Waals surface area contributed by atoms with Gasteiger partial charge < -0.3 is 19.7 Å². The quantitative estimate of drug-likeness (QED) is 0.660. The third-order valence-electron chi connectivity index (χ3n) is 3.90. The topological polar surface area (TPSA) is 50.8 Å². The van der Waals surface area contributed by atoms with Crippen molar-refractivity contribution in [2.45, 2.75) is 26.3 Å². The molecule has 124 valence electrons. The molecule has 6 heteroatoms. The van der Waals surface area contributed by atoms with Gasteiger partial charge in [0.25, 0.3) is 0 Å². The zero-order valence-electron chi connectivity index (χ0n) is 13.9. The van der Waals surface area contributed by atoms with Gasteiger partial charge in [-0.2, -0.15) is 0 Å². The van der Waals surface area contributed by atoms with Crippen LogP contribution in [-0.2, 0) is 9.53 Å². The number of hydrogen-bond donors (Lipinski definition) is 1. The van der Waals surface area contributed by atoms with Crippen molar-refractivity contribution in [2.75, 3.05) is 20.8 Å². The Hall–Kier alpha value is -2.08. The standard InChI is InChI=1S/C17H22N2O3S/c1-5-10-19-11(2)14(16(20)22-4)15(18-17(19)23)12-6-8-13(21-3)9-7-12/h6-9,15H,5,10H2,1-4H3,(H,18,23). The van der Waals surface area contributed by atoms with E-state index in [2.05, 4.69) is 12.2 Å². The third-order valence-corrected chi connectivity index (χ3v) is 4.24. The van der Waals surface area contributed by atoms with Crippen molar-refractivity contribution in [3.63, 3.8) is 0 Å². The van der Waals surface area contributed by atoms with E-state index >= 15 is 0 Å². The van der Waals surface area contributed by atoms with Gasteiger partial charge in [-0.1, -0.05) is 19.1 Å². The van der Waals surface area contributed by atoms with Crippen molar-refractivity contribution in [3.8, 4) is 5.75 Å². The summed E-state index contributed by atoms with van der Waals surface area (Å²) in [6.45, 7) is 4.74. The van der Waals surface area contributed by atoms with Gasteiger partial charge in [0.05, 0.1) is 25.8 Å². The van der Waals surface area contributed by atoms with Crippen molar-refractivity contribution in [3.05, 3.63) is 41.1 Å². The van der Waals surface area contributed by atoms with E-state index in [9.17, 15) is 4.79 Å². The minimum atomic E-state index is -0.348. The molecule has 0 saturated carbocycles. The summed E-state index contributed by atoms with van der Waals surface area (Å²) in [5.74, 6) is 0.416. The molecule has 1 aliphatic rings. The Labute approximate surface area is 142 Å². The van der Waals surface area contributed by atoms with Crippen LogP contribution in [0.2, 0.25) is 0 Å². The molecule has 0 spiro atoms. The molecule has 0 saturated heterocycles. The van der Waals surface area contributed by atoms with Crippen molar-refractivity contribution < 1.29 is 14.3 Å². The number of ether oxygens (including phenoxy) is 2. The van der Waals surface area contributed by atoms with Crippen LogP contribution in [0.3, 0.4) is 0 Å². The number of methoxy groups -OCH3 is 2. The van der Waals surface area contributed by atoms with Crippen LogP contribution in [-0.4, -0.2) is 36.7 Å². The maximum atomic E-state index is 12.3. The van der Waals surface area contributed by atoms with E-state index in [1.54, 1.807) is 7.11 Å². The molecule has 23 heavy (non-hydrogen) atoms. The Morgan fingerprint density at radius 2 is 1.96 bits per heavy atom. The second-order valence-electron chi connectivity index (χ2n) is 5.30. The van der Waals surface area contributed by atoms with Crippen LogP contribution < -0.4 is 10.1 Å². The minimum Gasteiger partial charge on any atom is -0.497 e. The highest BCUT2D eigenvalue weighted by molar-refractivity contribution is 7.80. The Morgan fingerprint density at radius 1 is 1.30 bits per heavy atom. The average molecular weight is 334 g/mol. The highest BCUT2D eigenvalue weighted by Crippen LogP contribution is 2.32. The van der Waals surface area contributed by atoms with Crippen LogP contribution in [0.1, 0.15) is 31.9 Å². The molecule has 1 aromatic carbocycles. The van der Waals surface area contributed by atoms with Crippen LogP contribution in [0.5, 0.6) is 5.75 Å². The highest BCUT2D eigenvalue weighted by atomic mass is 32.1. The molecule has 1 N–H and O–H groups in total. The summed E-state index contributed by atoms with van der Waals surface area (Å²) in [5, 5.41) is 3.88. The predicted molar refractivity (Wildman–Crippen MR) is 93.2 cm³/mol. The number of thiocarbonyl (C=S) groups is 1. The molecule has 1 unspecified atom stereocenters. The van der Waals surface area contributed by atoms with Crippen molar-refractivity contribution in [2.24, 2.45) is 0 Å². The maximum absolute atomic E-state index is 12.3. The van der Waals surface area contributed by atoms with Gasteiger partial charge in [0.1, 0.15) is 5.75 Å². The van der Waals surface area contributed by atoms with Crippen molar-refractivity contribution >= 4 is 23.3 Å². The first-order chi connectivity index (χ1) is 11.0. The molecule has 0 radical (unpaired) electrons. The number of nitrogens with one attached hydrogen (secondary N) is 1. The van der Waals surface area contributed by atoms with E-state index in [4.69, 9.17) is 21.7 Å². The molecule has 1 heterocycles. The van der Waals surface area contributed by atoms with Gasteiger partial charge in [-0.15, -0.1) is 0 Å². The fourth-order valence-corrected chi connectivity index (χ4v) is 3.04. The van der Waals surface area contributed by atoms with E-state index in [1.807, 2.05) is 36.1 Å². The first-order valence-electron chi connectivity index (χ1n) is 7.54. The number of hydrogen-bond acceptors (Lipinski definition) is 4. The zero-order chi connectivity index (χ0) is 17.0. The molecule has 0 amide bonds. The zero-order valence-corrected chi connectivity index (χ0v) is 14.7. The van der Waals surface area contributed by atoms with Gasteiger partial charge in [-0.3, -0.25) is 0 Å². The van der Waals surface area contributed by atoms with Gasteiger partial charge in [0.2, 0.25) is 0 Å². The Morgan fingerprint density at radius 3 is 2.48 bits per heavy atom. The monoisotopic (exact) mass is 334 g/mol. The molecule has 0 aliphatic carbocycles. The van der Waals surface area contributed by atoms with Crippen LogP contribution in [0.25, 0.3) is 0 Å². The summed E-state index contributed by atoms with van der Waals surface area (Å²) in [4.78, 5) is 14.3. The lowest BCUT2D eigenvalue weighted by atomic mass is 9.95. The summed E-state index contributed by atoms with van der Waals surface area (Å²) < 4.78 is 10.2. The number of rotatable bonds is 5. The third kappa shape index (κ3) is 3.47. The van der Waals surface area contributed by atoms with Crippen LogP contribution in [0, 0.1) is 0 Å². The molecule has 1 aromatic rings. The number of carbonyl (C=O) groups is 1. The largest absolute Gasteiger partial charge is 0.497 e. The van der Waals surface area contributed by atoms with Crippen LogP contribution in [0.15, 0.2) is 35.5 Å². The molecule has 2 rings (SSSR count). The molecular weight excluding hydrogens is 312 g/mol. The molecule has 0 fully saturated rings. The fourth-order valence-electron chi connectivity index (χ4n) is 2.69. The van der Waals surface area contributed by atoms with E-state index in [0.717, 1.165) is 30.0 Å². The van der Waals surface area contributed by atoms with Crippen molar-refractivity contribution in [1.29, 1.82) is 0 Å². The number of esters is 1. The van der Waals surface area contributed by atoms with E-state index < -0.39 is 0 Å². The summed E-state index contributed by atoms with van der Waals surface area (Å²) in [7, 11) is 3.01. The predicted octanol–water partition coefficient (Wildman–Crippen LogP) is 2.78. The lowest BCUT2D eigenvalue weighted by Crippen LogP contribution is -2.48. The van der Waals surface area contributed by atoms with Crippen LogP contribution in [0.4, 0.5) is 0 Å². The lowest BCUT2D eigenvalue weighted by Gasteiger charge is -2.37. The van der Waals surface area contributed by atoms with E-state index in [0.29, 0.717) is 10.7 Å².